The first-order valence-electron chi connectivity index (χ1n) is 7.73. The molecule has 0 amide bonds. The topological polar surface area (TPSA) is 49.5 Å². The molecule has 20 heavy (non-hydrogen) atoms. The summed E-state index contributed by atoms with van der Waals surface area (Å²) in [4.78, 5) is 2.49. The molecule has 1 aromatic carbocycles. The first kappa shape index (κ1) is 15.5. The molecule has 3 N–H and O–H groups in total. The highest BCUT2D eigenvalue weighted by atomic mass is 16.3. The summed E-state index contributed by atoms with van der Waals surface area (Å²) in [6.07, 6.45) is 2.10. The second kappa shape index (κ2) is 6.70. The second-order valence-corrected chi connectivity index (χ2v) is 6.52. The van der Waals surface area contributed by atoms with E-state index in [0.29, 0.717) is 0 Å². The molecule has 0 radical (unpaired) electrons. The molecule has 1 saturated heterocycles. The van der Waals surface area contributed by atoms with Crippen LogP contribution < -0.4 is 5.73 Å². The van der Waals surface area contributed by atoms with Crippen LogP contribution in [0.3, 0.4) is 0 Å². The molecule has 1 aliphatic rings. The number of nitrogens with two attached hydrogens (primary N) is 1. The third kappa shape index (κ3) is 3.60. The van der Waals surface area contributed by atoms with Gasteiger partial charge < -0.3 is 15.7 Å². The quantitative estimate of drug-likeness (QED) is 0.837. The number of nitrogens with zero attached hydrogens (tertiary/aromatic N) is 1. The summed E-state index contributed by atoms with van der Waals surface area (Å²) in [5, 5.41) is 9.71. The standard InChI is InChI=1S/C17H28N2O/c1-14(2)15-8-10-19(12-15)11-9-17(18,13-20)16-6-4-3-5-7-16/h3-7,14-15,20H,8-13,18H2,1-2H3. The minimum atomic E-state index is -0.614. The SMILES string of the molecule is CC(C)C1CCN(CCC(N)(CO)c2ccccc2)C1. The fourth-order valence-corrected chi connectivity index (χ4v) is 3.05. The van der Waals surface area contributed by atoms with Gasteiger partial charge in [-0.1, -0.05) is 44.2 Å². The van der Waals surface area contributed by atoms with E-state index >= 15 is 0 Å². The zero-order valence-corrected chi connectivity index (χ0v) is 12.8. The molecule has 0 spiro atoms. The van der Waals surface area contributed by atoms with Gasteiger partial charge in [0.2, 0.25) is 0 Å². The molecule has 2 atom stereocenters. The van der Waals surface area contributed by atoms with Crippen LogP contribution >= 0.6 is 0 Å². The molecule has 2 rings (SSSR count). The number of hydrogen-bond donors (Lipinski definition) is 2. The van der Waals surface area contributed by atoms with Gasteiger partial charge in [-0.05, 0) is 36.8 Å². The molecule has 0 bridgehead atoms. The van der Waals surface area contributed by atoms with Crippen LogP contribution in [0.25, 0.3) is 0 Å². The Morgan fingerprint density at radius 1 is 1.35 bits per heavy atom. The molecule has 3 nitrogen and oxygen atoms in total. The monoisotopic (exact) mass is 276 g/mol. The lowest BCUT2D eigenvalue weighted by molar-refractivity contribution is 0.168. The van der Waals surface area contributed by atoms with E-state index in [1.54, 1.807) is 0 Å². The maximum absolute atomic E-state index is 9.71. The van der Waals surface area contributed by atoms with E-state index < -0.39 is 5.54 Å². The second-order valence-electron chi connectivity index (χ2n) is 6.52. The Labute approximate surface area is 122 Å². The minimum absolute atomic E-state index is 0.00153. The van der Waals surface area contributed by atoms with Crippen molar-refractivity contribution in [3.63, 3.8) is 0 Å². The summed E-state index contributed by atoms with van der Waals surface area (Å²) in [5.41, 5.74) is 6.83. The Morgan fingerprint density at radius 3 is 2.60 bits per heavy atom. The van der Waals surface area contributed by atoms with Gasteiger partial charge in [0, 0.05) is 13.1 Å². The van der Waals surface area contributed by atoms with Crippen molar-refractivity contribution in [2.45, 2.75) is 32.2 Å². The average molecular weight is 276 g/mol. The van der Waals surface area contributed by atoms with E-state index in [1.165, 1.54) is 19.5 Å². The maximum atomic E-state index is 9.71. The zero-order valence-electron chi connectivity index (χ0n) is 12.8. The van der Waals surface area contributed by atoms with Crippen molar-refractivity contribution in [2.24, 2.45) is 17.6 Å². The molecule has 0 aliphatic carbocycles. The van der Waals surface area contributed by atoms with E-state index in [0.717, 1.165) is 30.4 Å². The van der Waals surface area contributed by atoms with E-state index in [9.17, 15) is 5.11 Å². The van der Waals surface area contributed by atoms with Crippen molar-refractivity contribution >= 4 is 0 Å². The lowest BCUT2D eigenvalue weighted by atomic mass is 9.88. The molecule has 1 aliphatic heterocycles. The summed E-state index contributed by atoms with van der Waals surface area (Å²) >= 11 is 0. The average Bonchev–Trinajstić information content (AvgIpc) is 2.95. The zero-order chi connectivity index (χ0) is 14.6. The highest BCUT2D eigenvalue weighted by Gasteiger charge is 2.30. The van der Waals surface area contributed by atoms with Crippen molar-refractivity contribution in [2.75, 3.05) is 26.2 Å². The highest BCUT2D eigenvalue weighted by Crippen LogP contribution is 2.26. The Morgan fingerprint density at radius 2 is 2.05 bits per heavy atom. The Balaban J connectivity index is 1.92. The van der Waals surface area contributed by atoms with Crippen LogP contribution in [0.15, 0.2) is 30.3 Å². The molecular weight excluding hydrogens is 248 g/mol. The van der Waals surface area contributed by atoms with E-state index in [2.05, 4.69) is 18.7 Å². The maximum Gasteiger partial charge on any atom is 0.0656 e. The van der Waals surface area contributed by atoms with Crippen molar-refractivity contribution in [3.05, 3.63) is 35.9 Å². The van der Waals surface area contributed by atoms with Crippen LogP contribution in [0, 0.1) is 11.8 Å². The molecule has 1 fully saturated rings. The van der Waals surface area contributed by atoms with E-state index in [4.69, 9.17) is 5.73 Å². The van der Waals surface area contributed by atoms with Gasteiger partial charge in [-0.15, -0.1) is 0 Å². The van der Waals surface area contributed by atoms with Crippen LogP contribution in [0.1, 0.15) is 32.3 Å². The van der Waals surface area contributed by atoms with Gasteiger partial charge >= 0.3 is 0 Å². The smallest absolute Gasteiger partial charge is 0.0656 e. The van der Waals surface area contributed by atoms with Gasteiger partial charge in [0.15, 0.2) is 0 Å². The minimum Gasteiger partial charge on any atom is -0.394 e. The molecule has 1 aromatic rings. The van der Waals surface area contributed by atoms with Crippen molar-refractivity contribution < 1.29 is 5.11 Å². The fraction of sp³-hybridized carbons (Fsp3) is 0.647. The summed E-state index contributed by atoms with van der Waals surface area (Å²) in [7, 11) is 0. The normalized spacial score (nSPS) is 23.1. The number of hydrogen-bond acceptors (Lipinski definition) is 3. The predicted octanol–water partition coefficient (Wildman–Crippen LogP) is 2.20. The number of rotatable bonds is 6. The summed E-state index contributed by atoms with van der Waals surface area (Å²) in [6.45, 7) is 7.92. The third-order valence-electron chi connectivity index (χ3n) is 4.76. The molecule has 0 saturated carbocycles. The van der Waals surface area contributed by atoms with Crippen LogP contribution in [0.5, 0.6) is 0 Å². The molecule has 1 heterocycles. The number of aliphatic hydroxyl groups is 1. The Hall–Kier alpha value is -0.900. The van der Waals surface area contributed by atoms with Crippen LogP contribution in [0.4, 0.5) is 0 Å². The van der Waals surface area contributed by atoms with Gasteiger partial charge in [0.1, 0.15) is 0 Å². The van der Waals surface area contributed by atoms with Crippen molar-refractivity contribution in [1.29, 1.82) is 0 Å². The molecule has 112 valence electrons. The summed E-state index contributed by atoms with van der Waals surface area (Å²) < 4.78 is 0. The molecular formula is C17H28N2O. The molecule has 3 heteroatoms. The summed E-state index contributed by atoms with van der Waals surface area (Å²) in [5.74, 6) is 1.57. The van der Waals surface area contributed by atoms with Crippen LogP contribution in [0.2, 0.25) is 0 Å². The lowest BCUT2D eigenvalue weighted by Crippen LogP contribution is -2.43. The van der Waals surface area contributed by atoms with Crippen molar-refractivity contribution in [3.8, 4) is 0 Å². The van der Waals surface area contributed by atoms with E-state index in [1.807, 2.05) is 30.3 Å². The predicted molar refractivity (Wildman–Crippen MR) is 83.4 cm³/mol. The van der Waals surface area contributed by atoms with Gasteiger partial charge in [0.25, 0.3) is 0 Å². The fourth-order valence-electron chi connectivity index (χ4n) is 3.05. The van der Waals surface area contributed by atoms with E-state index in [-0.39, 0.29) is 6.61 Å². The van der Waals surface area contributed by atoms with Gasteiger partial charge in [0.05, 0.1) is 12.1 Å². The highest BCUT2D eigenvalue weighted by molar-refractivity contribution is 5.24. The lowest BCUT2D eigenvalue weighted by Gasteiger charge is -2.30. The Bertz CT molecular complexity index is 407. The number of aliphatic hydroxyl groups excluding tert-OH is 1. The van der Waals surface area contributed by atoms with Crippen molar-refractivity contribution in [1.82, 2.24) is 4.90 Å². The largest absolute Gasteiger partial charge is 0.394 e. The van der Waals surface area contributed by atoms with Gasteiger partial charge in [-0.25, -0.2) is 0 Å². The first-order chi connectivity index (χ1) is 9.55. The number of benzene rings is 1. The Kier molecular flexibility index (Phi) is 5.19. The summed E-state index contributed by atoms with van der Waals surface area (Å²) in [6, 6.07) is 9.97. The van der Waals surface area contributed by atoms with Gasteiger partial charge in [-0.3, -0.25) is 0 Å². The third-order valence-corrected chi connectivity index (χ3v) is 4.76. The van der Waals surface area contributed by atoms with Gasteiger partial charge in [-0.2, -0.15) is 0 Å². The molecule has 0 aromatic heterocycles. The number of likely N-dealkylation sites (tertiary alicyclic amines) is 1. The molecule has 2 unspecified atom stereocenters. The first-order valence-corrected chi connectivity index (χ1v) is 7.73. The van der Waals surface area contributed by atoms with Crippen LogP contribution in [-0.4, -0.2) is 36.2 Å². The van der Waals surface area contributed by atoms with Crippen LogP contribution in [-0.2, 0) is 5.54 Å².